The number of benzene rings is 1. The Kier molecular flexibility index (Phi) is 7.19. The Morgan fingerprint density at radius 2 is 1.61 bits per heavy atom. The van der Waals surface area contributed by atoms with Crippen LogP contribution in [-0.2, 0) is 14.3 Å². The van der Waals surface area contributed by atoms with E-state index in [1.54, 1.807) is 20.8 Å². The van der Waals surface area contributed by atoms with Gasteiger partial charge in [0.2, 0.25) is 0 Å². The van der Waals surface area contributed by atoms with Crippen molar-refractivity contribution in [2.75, 3.05) is 7.11 Å². The van der Waals surface area contributed by atoms with Crippen molar-refractivity contribution >= 4 is 29.6 Å². The summed E-state index contributed by atoms with van der Waals surface area (Å²) in [5.74, 6) is -2.87. The average molecular weight is 395 g/mol. The molecule has 11 heteroatoms. The second-order valence-corrected chi connectivity index (χ2v) is 6.76. The molecule has 3 amide bonds. The molecular formula is C17H21N3O8. The topological polar surface area (TPSA) is 154 Å². The highest BCUT2D eigenvalue weighted by molar-refractivity contribution is 6.00. The SMILES string of the molecule is COC(=O)c1cc(C(=O)OC(C)C(=O)NC(=O)NC(C)(C)C)cc([N+](=O)[O-])c1. The van der Waals surface area contributed by atoms with Crippen LogP contribution in [0, 0.1) is 10.1 Å². The number of nitro groups is 1. The van der Waals surface area contributed by atoms with Crippen LogP contribution in [0.4, 0.5) is 10.5 Å². The summed E-state index contributed by atoms with van der Waals surface area (Å²) < 4.78 is 9.41. The van der Waals surface area contributed by atoms with Gasteiger partial charge >= 0.3 is 18.0 Å². The predicted molar refractivity (Wildman–Crippen MR) is 95.7 cm³/mol. The van der Waals surface area contributed by atoms with Crippen molar-refractivity contribution in [3.63, 3.8) is 0 Å². The van der Waals surface area contributed by atoms with Gasteiger partial charge in [0.25, 0.3) is 11.6 Å². The molecule has 152 valence electrons. The summed E-state index contributed by atoms with van der Waals surface area (Å²) in [6, 6.07) is 2.10. The highest BCUT2D eigenvalue weighted by atomic mass is 16.6. The van der Waals surface area contributed by atoms with Crippen LogP contribution in [0.25, 0.3) is 0 Å². The van der Waals surface area contributed by atoms with Gasteiger partial charge in [-0.1, -0.05) is 0 Å². The first-order valence-electron chi connectivity index (χ1n) is 8.06. The number of imide groups is 1. The summed E-state index contributed by atoms with van der Waals surface area (Å²) in [4.78, 5) is 57.7. The number of nitro benzene ring substituents is 1. The first-order valence-corrected chi connectivity index (χ1v) is 8.06. The maximum absolute atomic E-state index is 12.2. The zero-order valence-corrected chi connectivity index (χ0v) is 16.0. The molecule has 28 heavy (non-hydrogen) atoms. The van der Waals surface area contributed by atoms with Gasteiger partial charge in [-0.15, -0.1) is 0 Å². The summed E-state index contributed by atoms with van der Waals surface area (Å²) in [6.07, 6.45) is -1.38. The Labute approximate surface area is 160 Å². The predicted octanol–water partition coefficient (Wildman–Crippen LogP) is 1.55. The molecule has 0 aromatic heterocycles. The third kappa shape index (κ3) is 6.67. The lowest BCUT2D eigenvalue weighted by Crippen LogP contribution is -2.50. The lowest BCUT2D eigenvalue weighted by Gasteiger charge is -2.21. The molecule has 0 heterocycles. The molecule has 1 aromatic carbocycles. The average Bonchev–Trinajstić information content (AvgIpc) is 2.58. The van der Waals surface area contributed by atoms with Gasteiger partial charge in [-0.25, -0.2) is 14.4 Å². The van der Waals surface area contributed by atoms with E-state index in [-0.39, 0.29) is 11.1 Å². The van der Waals surface area contributed by atoms with Gasteiger partial charge in [0.05, 0.1) is 23.2 Å². The second kappa shape index (κ2) is 8.93. The molecule has 0 bridgehead atoms. The van der Waals surface area contributed by atoms with Crippen molar-refractivity contribution in [3.05, 3.63) is 39.4 Å². The minimum atomic E-state index is -1.38. The van der Waals surface area contributed by atoms with Crippen LogP contribution in [0.2, 0.25) is 0 Å². The van der Waals surface area contributed by atoms with E-state index in [4.69, 9.17) is 4.74 Å². The number of urea groups is 1. The molecule has 0 spiro atoms. The number of methoxy groups -OCH3 is 1. The number of amides is 3. The van der Waals surface area contributed by atoms with Gasteiger partial charge in [0, 0.05) is 17.7 Å². The molecule has 1 aromatic rings. The van der Waals surface area contributed by atoms with E-state index in [0.29, 0.717) is 0 Å². The first-order chi connectivity index (χ1) is 12.8. The molecule has 0 fully saturated rings. The van der Waals surface area contributed by atoms with Crippen LogP contribution in [-0.4, -0.2) is 47.6 Å². The largest absolute Gasteiger partial charge is 0.465 e. The number of hydrogen-bond acceptors (Lipinski definition) is 8. The van der Waals surface area contributed by atoms with E-state index in [1.807, 2.05) is 5.32 Å². The van der Waals surface area contributed by atoms with Gasteiger partial charge in [0.15, 0.2) is 6.10 Å². The zero-order valence-electron chi connectivity index (χ0n) is 16.0. The highest BCUT2D eigenvalue weighted by Gasteiger charge is 2.25. The molecule has 0 aliphatic rings. The summed E-state index contributed by atoms with van der Waals surface area (Å²) in [5.41, 5.74) is -1.67. The van der Waals surface area contributed by atoms with E-state index in [2.05, 4.69) is 10.1 Å². The van der Waals surface area contributed by atoms with E-state index < -0.39 is 46.1 Å². The van der Waals surface area contributed by atoms with Crippen LogP contribution in [0.1, 0.15) is 48.4 Å². The quantitative estimate of drug-likeness (QED) is 0.432. The Morgan fingerprint density at radius 3 is 2.07 bits per heavy atom. The van der Waals surface area contributed by atoms with Gasteiger partial charge in [-0.05, 0) is 33.8 Å². The number of esters is 2. The molecule has 0 saturated carbocycles. The maximum atomic E-state index is 12.2. The van der Waals surface area contributed by atoms with E-state index >= 15 is 0 Å². The van der Waals surface area contributed by atoms with Crippen LogP contribution in [0.15, 0.2) is 18.2 Å². The fourth-order valence-electron chi connectivity index (χ4n) is 1.94. The van der Waals surface area contributed by atoms with E-state index in [1.165, 1.54) is 6.92 Å². The smallest absolute Gasteiger partial charge is 0.339 e. The third-order valence-electron chi connectivity index (χ3n) is 3.16. The van der Waals surface area contributed by atoms with Crippen molar-refractivity contribution in [2.24, 2.45) is 0 Å². The minimum absolute atomic E-state index is 0.231. The molecule has 2 N–H and O–H groups in total. The molecule has 0 aliphatic heterocycles. The normalized spacial score (nSPS) is 11.8. The van der Waals surface area contributed by atoms with Crippen LogP contribution < -0.4 is 10.6 Å². The van der Waals surface area contributed by atoms with Crippen molar-refractivity contribution in [1.29, 1.82) is 0 Å². The molecule has 11 nitrogen and oxygen atoms in total. The first kappa shape index (κ1) is 22.5. The van der Waals surface area contributed by atoms with Gasteiger partial charge in [-0.2, -0.15) is 0 Å². The Morgan fingerprint density at radius 1 is 1.07 bits per heavy atom. The van der Waals surface area contributed by atoms with Crippen molar-refractivity contribution < 1.29 is 33.6 Å². The van der Waals surface area contributed by atoms with Crippen molar-refractivity contribution in [3.8, 4) is 0 Å². The van der Waals surface area contributed by atoms with Crippen LogP contribution >= 0.6 is 0 Å². The summed E-state index contributed by atoms with van der Waals surface area (Å²) in [7, 11) is 1.08. The number of rotatable bonds is 5. The van der Waals surface area contributed by atoms with Crippen LogP contribution in [0.5, 0.6) is 0 Å². The standard InChI is InChI=1S/C17H21N3O8/c1-9(13(21)18-16(24)19-17(2,3)4)28-15(23)11-6-10(14(22)27-5)7-12(8-11)20(25)26/h6-9H,1-5H3,(H2,18,19,21,24). The van der Waals surface area contributed by atoms with Gasteiger partial charge < -0.3 is 14.8 Å². The van der Waals surface area contributed by atoms with E-state index in [0.717, 1.165) is 25.3 Å². The van der Waals surface area contributed by atoms with Crippen molar-refractivity contribution in [2.45, 2.75) is 39.3 Å². The lowest BCUT2D eigenvalue weighted by atomic mass is 10.1. The van der Waals surface area contributed by atoms with Gasteiger partial charge in [-0.3, -0.25) is 20.2 Å². The molecule has 1 unspecified atom stereocenters. The zero-order chi connectivity index (χ0) is 21.6. The maximum Gasteiger partial charge on any atom is 0.339 e. The number of nitrogens with one attached hydrogen (secondary N) is 2. The summed E-state index contributed by atoms with van der Waals surface area (Å²) in [6.45, 7) is 6.35. The number of hydrogen-bond donors (Lipinski definition) is 2. The van der Waals surface area contributed by atoms with Crippen LogP contribution in [0.3, 0.4) is 0 Å². The third-order valence-corrected chi connectivity index (χ3v) is 3.16. The Hall–Kier alpha value is -3.50. The van der Waals surface area contributed by atoms with Crippen molar-refractivity contribution in [1.82, 2.24) is 10.6 Å². The molecule has 0 aliphatic carbocycles. The summed E-state index contributed by atoms with van der Waals surface area (Å²) >= 11 is 0. The summed E-state index contributed by atoms with van der Waals surface area (Å²) in [5, 5.41) is 15.5. The second-order valence-electron chi connectivity index (χ2n) is 6.76. The fourth-order valence-corrected chi connectivity index (χ4v) is 1.94. The molecule has 1 atom stereocenters. The number of ether oxygens (including phenoxy) is 2. The highest BCUT2D eigenvalue weighted by Crippen LogP contribution is 2.19. The molecule has 0 saturated heterocycles. The van der Waals surface area contributed by atoms with E-state index in [9.17, 15) is 29.3 Å². The lowest BCUT2D eigenvalue weighted by molar-refractivity contribution is -0.384. The minimum Gasteiger partial charge on any atom is -0.465 e. The molecule has 1 rings (SSSR count). The fraction of sp³-hybridized carbons (Fsp3) is 0.412. The van der Waals surface area contributed by atoms with Gasteiger partial charge in [0.1, 0.15) is 0 Å². The number of nitrogens with zero attached hydrogens (tertiary/aromatic N) is 1. The molecular weight excluding hydrogens is 374 g/mol. The number of non-ortho nitro benzene ring substituents is 1. The Bertz CT molecular complexity index is 813. The monoisotopic (exact) mass is 395 g/mol. The molecule has 0 radical (unpaired) electrons. The number of carbonyl (C=O) groups excluding carboxylic acids is 4. The Balaban J connectivity index is 2.92. The number of carbonyl (C=O) groups is 4.